The zero-order chi connectivity index (χ0) is 11.4. The van der Waals surface area contributed by atoms with Crippen LogP contribution in [0.2, 0.25) is 0 Å². The van der Waals surface area contributed by atoms with Crippen LogP contribution in [0.25, 0.3) is 0 Å². The molecule has 4 heteroatoms. The highest BCUT2D eigenvalue weighted by Crippen LogP contribution is 2.22. The molecule has 4 nitrogen and oxygen atoms in total. The second kappa shape index (κ2) is 4.47. The van der Waals surface area contributed by atoms with Gasteiger partial charge in [0.1, 0.15) is 0 Å². The number of primary amides is 1. The lowest BCUT2D eigenvalue weighted by atomic mass is 9.95. The highest BCUT2D eigenvalue weighted by molar-refractivity contribution is 5.75. The van der Waals surface area contributed by atoms with Crippen molar-refractivity contribution in [3.63, 3.8) is 0 Å². The number of rotatable bonds is 3. The normalized spacial score (nSPS) is 11.7. The summed E-state index contributed by atoms with van der Waals surface area (Å²) in [4.78, 5) is 10.7. The SMILES string of the molecule is [CH2]C(CC(N)=O)c1cc(N)cc(C#N)c1. The molecule has 0 saturated heterocycles. The number of hydrogen-bond donors (Lipinski definition) is 2. The summed E-state index contributed by atoms with van der Waals surface area (Å²) in [5.74, 6) is -0.686. The summed E-state index contributed by atoms with van der Waals surface area (Å²) in [5, 5.41) is 8.73. The maximum atomic E-state index is 10.7. The number of benzene rings is 1. The molecule has 1 atom stereocenters. The van der Waals surface area contributed by atoms with Gasteiger partial charge in [-0.1, -0.05) is 0 Å². The number of nitrogen functional groups attached to an aromatic ring is 1. The van der Waals surface area contributed by atoms with E-state index in [0.717, 1.165) is 5.56 Å². The molecule has 1 radical (unpaired) electrons. The number of amides is 1. The van der Waals surface area contributed by atoms with E-state index >= 15 is 0 Å². The van der Waals surface area contributed by atoms with Gasteiger partial charge in [0, 0.05) is 12.1 Å². The standard InChI is InChI=1S/C11H12N3O/c1-7(2-11(14)15)9-3-8(6-12)4-10(13)5-9/h3-5,7H,1-2,13H2,(H2,14,15). The maximum Gasteiger partial charge on any atom is 0.218 e. The van der Waals surface area contributed by atoms with Gasteiger partial charge in [-0.3, -0.25) is 4.79 Å². The number of hydrogen-bond acceptors (Lipinski definition) is 3. The summed E-state index contributed by atoms with van der Waals surface area (Å²) < 4.78 is 0. The number of nitrogens with zero attached hydrogens (tertiary/aromatic N) is 1. The van der Waals surface area contributed by atoms with Crippen molar-refractivity contribution >= 4 is 11.6 Å². The summed E-state index contributed by atoms with van der Waals surface area (Å²) in [7, 11) is 0. The van der Waals surface area contributed by atoms with E-state index < -0.39 is 5.91 Å². The van der Waals surface area contributed by atoms with Crippen LogP contribution in [0.15, 0.2) is 18.2 Å². The molecule has 0 heterocycles. The summed E-state index contributed by atoms with van der Waals surface area (Å²) in [5.41, 5.74) is 12.4. The molecule has 0 aromatic heterocycles. The van der Waals surface area contributed by atoms with Crippen molar-refractivity contribution in [3.05, 3.63) is 36.2 Å². The Morgan fingerprint density at radius 1 is 1.53 bits per heavy atom. The van der Waals surface area contributed by atoms with Gasteiger partial charge in [0.05, 0.1) is 11.6 Å². The number of carbonyl (C=O) groups excluding carboxylic acids is 1. The first-order valence-electron chi connectivity index (χ1n) is 4.45. The first kappa shape index (κ1) is 11.1. The molecule has 1 aromatic rings. The van der Waals surface area contributed by atoms with Crippen molar-refractivity contribution in [1.82, 2.24) is 0 Å². The predicted octanol–water partition coefficient (Wildman–Crippen LogP) is 0.934. The molecule has 1 rings (SSSR count). The minimum atomic E-state index is -0.420. The quantitative estimate of drug-likeness (QED) is 0.714. The zero-order valence-electron chi connectivity index (χ0n) is 8.23. The molecule has 0 bridgehead atoms. The van der Waals surface area contributed by atoms with Gasteiger partial charge in [0.25, 0.3) is 0 Å². The first-order chi connectivity index (χ1) is 7.02. The molecule has 1 unspecified atom stereocenters. The minimum absolute atomic E-state index is 0.147. The molecule has 0 fully saturated rings. The van der Waals surface area contributed by atoms with E-state index in [9.17, 15) is 4.79 Å². The predicted molar refractivity (Wildman–Crippen MR) is 57.5 cm³/mol. The second-order valence-electron chi connectivity index (χ2n) is 3.37. The van der Waals surface area contributed by atoms with Crippen molar-refractivity contribution in [2.24, 2.45) is 5.73 Å². The lowest BCUT2D eigenvalue weighted by Crippen LogP contribution is -2.14. The van der Waals surface area contributed by atoms with Crippen LogP contribution in [0.4, 0.5) is 5.69 Å². The van der Waals surface area contributed by atoms with Crippen LogP contribution < -0.4 is 11.5 Å². The van der Waals surface area contributed by atoms with Crippen LogP contribution in [0.1, 0.15) is 23.5 Å². The number of nitrogens with two attached hydrogens (primary N) is 2. The van der Waals surface area contributed by atoms with E-state index in [2.05, 4.69) is 6.92 Å². The molecule has 0 aliphatic rings. The highest BCUT2D eigenvalue weighted by atomic mass is 16.1. The fourth-order valence-corrected chi connectivity index (χ4v) is 1.34. The third-order valence-electron chi connectivity index (χ3n) is 2.03. The van der Waals surface area contributed by atoms with E-state index in [0.29, 0.717) is 11.3 Å². The maximum absolute atomic E-state index is 10.7. The molecule has 15 heavy (non-hydrogen) atoms. The van der Waals surface area contributed by atoms with Crippen LogP contribution >= 0.6 is 0 Å². The first-order valence-corrected chi connectivity index (χ1v) is 4.45. The molecule has 0 saturated carbocycles. The molecule has 0 spiro atoms. The van der Waals surface area contributed by atoms with Crippen molar-refractivity contribution in [1.29, 1.82) is 5.26 Å². The largest absolute Gasteiger partial charge is 0.399 e. The molecule has 1 aromatic carbocycles. The van der Waals surface area contributed by atoms with Crippen molar-refractivity contribution in [2.75, 3.05) is 5.73 Å². The van der Waals surface area contributed by atoms with Gasteiger partial charge in [-0.15, -0.1) is 0 Å². The zero-order valence-corrected chi connectivity index (χ0v) is 8.23. The Kier molecular flexibility index (Phi) is 3.29. The number of nitriles is 1. The van der Waals surface area contributed by atoms with Crippen LogP contribution in [0, 0.1) is 18.3 Å². The number of anilines is 1. The van der Waals surface area contributed by atoms with E-state index in [1.54, 1.807) is 18.2 Å². The summed E-state index contributed by atoms with van der Waals surface area (Å²) in [6, 6.07) is 6.92. The van der Waals surface area contributed by atoms with E-state index in [-0.39, 0.29) is 12.3 Å². The highest BCUT2D eigenvalue weighted by Gasteiger charge is 2.10. The molecule has 0 aliphatic carbocycles. The fourth-order valence-electron chi connectivity index (χ4n) is 1.34. The number of carbonyl (C=O) groups is 1. The van der Waals surface area contributed by atoms with Gasteiger partial charge < -0.3 is 11.5 Å². The van der Waals surface area contributed by atoms with Crippen LogP contribution in [0.5, 0.6) is 0 Å². The van der Waals surface area contributed by atoms with E-state index in [1.165, 1.54) is 0 Å². The van der Waals surface area contributed by atoms with Crippen LogP contribution in [0.3, 0.4) is 0 Å². The van der Waals surface area contributed by atoms with E-state index in [1.807, 2.05) is 6.07 Å². The summed E-state index contributed by atoms with van der Waals surface area (Å²) in [6.45, 7) is 3.80. The Morgan fingerprint density at radius 3 is 2.73 bits per heavy atom. The lowest BCUT2D eigenvalue weighted by Gasteiger charge is -2.10. The van der Waals surface area contributed by atoms with Crippen molar-refractivity contribution in [2.45, 2.75) is 12.3 Å². The van der Waals surface area contributed by atoms with Crippen LogP contribution in [-0.2, 0) is 4.79 Å². The van der Waals surface area contributed by atoms with Gasteiger partial charge in [-0.2, -0.15) is 5.26 Å². The van der Waals surface area contributed by atoms with Crippen LogP contribution in [-0.4, -0.2) is 5.91 Å². The topological polar surface area (TPSA) is 92.9 Å². The van der Waals surface area contributed by atoms with Crippen molar-refractivity contribution in [3.8, 4) is 6.07 Å². The van der Waals surface area contributed by atoms with Gasteiger partial charge in [-0.05, 0) is 36.6 Å². The smallest absolute Gasteiger partial charge is 0.218 e. The Balaban J connectivity index is 2.99. The fraction of sp³-hybridized carbons (Fsp3) is 0.182. The minimum Gasteiger partial charge on any atom is -0.399 e. The summed E-state index contributed by atoms with van der Waals surface area (Å²) in [6.07, 6.45) is 0.147. The average Bonchev–Trinajstić information content (AvgIpc) is 2.15. The molecule has 77 valence electrons. The van der Waals surface area contributed by atoms with Crippen molar-refractivity contribution < 1.29 is 4.79 Å². The second-order valence-corrected chi connectivity index (χ2v) is 3.37. The molecule has 4 N–H and O–H groups in total. The molecular weight excluding hydrogens is 190 g/mol. The Labute approximate surface area is 88.5 Å². The Morgan fingerprint density at radius 2 is 2.20 bits per heavy atom. The lowest BCUT2D eigenvalue weighted by molar-refractivity contribution is -0.118. The monoisotopic (exact) mass is 202 g/mol. The summed E-state index contributed by atoms with van der Waals surface area (Å²) >= 11 is 0. The Bertz CT molecular complexity index is 420. The van der Waals surface area contributed by atoms with Gasteiger partial charge >= 0.3 is 0 Å². The van der Waals surface area contributed by atoms with Gasteiger partial charge in [0.2, 0.25) is 5.91 Å². The van der Waals surface area contributed by atoms with E-state index in [4.69, 9.17) is 16.7 Å². The molecular formula is C11H12N3O. The third kappa shape index (κ3) is 2.99. The van der Waals surface area contributed by atoms with Gasteiger partial charge in [0.15, 0.2) is 0 Å². The van der Waals surface area contributed by atoms with Gasteiger partial charge in [-0.25, -0.2) is 0 Å². The molecule has 0 aliphatic heterocycles. The third-order valence-corrected chi connectivity index (χ3v) is 2.03. The Hall–Kier alpha value is -2.02. The average molecular weight is 202 g/mol. The molecule has 1 amide bonds.